The first-order valence-electron chi connectivity index (χ1n) is 5.97. The Labute approximate surface area is 109 Å². The van der Waals surface area contributed by atoms with Gasteiger partial charge in [-0.1, -0.05) is 51.1 Å². The van der Waals surface area contributed by atoms with Crippen molar-refractivity contribution in [2.45, 2.75) is 20.8 Å². The van der Waals surface area contributed by atoms with E-state index in [1.54, 1.807) is 0 Å². The summed E-state index contributed by atoms with van der Waals surface area (Å²) < 4.78 is 6.01. The molecule has 1 heterocycles. The molecule has 1 aromatic rings. The summed E-state index contributed by atoms with van der Waals surface area (Å²) in [5, 5.41) is 4.60. The minimum atomic E-state index is -1.99. The van der Waals surface area contributed by atoms with Crippen molar-refractivity contribution in [1.29, 1.82) is 0 Å². The Balaban J connectivity index is 2.11. The highest BCUT2D eigenvalue weighted by Gasteiger charge is 2.33. The topological polar surface area (TPSA) is 21.3 Å². The van der Waals surface area contributed by atoms with Crippen LogP contribution in [0.2, 0.25) is 0 Å². The molecule has 0 radical (unpaired) electrons. The van der Waals surface area contributed by atoms with Gasteiger partial charge in [-0.25, -0.2) is 0 Å². The van der Waals surface area contributed by atoms with E-state index in [0.29, 0.717) is 5.92 Å². The van der Waals surface area contributed by atoms with E-state index in [4.69, 9.17) is 16.3 Å². The summed E-state index contributed by atoms with van der Waals surface area (Å²) in [6.07, 6.45) is -1.99. The SMILES string of the molecule is CC(C)(C)[C@@H]1CN[P@@](=S)(c2ccccc2)OC1. The quantitative estimate of drug-likeness (QED) is 0.792. The normalized spacial score (nSPS) is 30.2. The molecule has 1 aliphatic heterocycles. The average Bonchev–Trinajstić information content (AvgIpc) is 2.29. The molecule has 1 N–H and O–H groups in total. The van der Waals surface area contributed by atoms with Crippen LogP contribution >= 0.6 is 6.42 Å². The summed E-state index contributed by atoms with van der Waals surface area (Å²) in [5.41, 5.74) is 0.268. The minimum Gasteiger partial charge on any atom is -0.334 e. The van der Waals surface area contributed by atoms with E-state index in [1.165, 1.54) is 0 Å². The number of benzene rings is 1. The van der Waals surface area contributed by atoms with E-state index >= 15 is 0 Å². The van der Waals surface area contributed by atoms with Gasteiger partial charge in [0.25, 0.3) is 0 Å². The highest BCUT2D eigenvalue weighted by molar-refractivity contribution is 8.14. The molecule has 0 aromatic heterocycles. The van der Waals surface area contributed by atoms with Crippen molar-refractivity contribution < 1.29 is 4.52 Å². The van der Waals surface area contributed by atoms with Crippen LogP contribution in [0, 0.1) is 11.3 Å². The second kappa shape index (κ2) is 4.81. The number of rotatable bonds is 1. The average molecular weight is 269 g/mol. The molecule has 2 rings (SSSR count). The smallest absolute Gasteiger partial charge is 0.159 e. The maximum Gasteiger partial charge on any atom is 0.159 e. The Morgan fingerprint density at radius 1 is 1.29 bits per heavy atom. The van der Waals surface area contributed by atoms with E-state index < -0.39 is 6.42 Å². The summed E-state index contributed by atoms with van der Waals surface area (Å²) in [7, 11) is 0. The molecule has 0 saturated carbocycles. The predicted molar refractivity (Wildman–Crippen MR) is 77.3 cm³/mol. The first-order valence-corrected chi connectivity index (χ1v) is 8.69. The summed E-state index contributed by atoms with van der Waals surface area (Å²) in [6.45, 7) is 8.47. The number of hydrogen-bond acceptors (Lipinski definition) is 2. The Hall–Kier alpha value is -0.210. The number of nitrogens with one attached hydrogen (secondary N) is 1. The fraction of sp³-hybridized carbons (Fsp3) is 0.538. The van der Waals surface area contributed by atoms with Crippen molar-refractivity contribution in [1.82, 2.24) is 5.09 Å². The van der Waals surface area contributed by atoms with Gasteiger partial charge >= 0.3 is 0 Å². The van der Waals surface area contributed by atoms with E-state index in [0.717, 1.165) is 18.5 Å². The molecule has 1 fully saturated rings. The van der Waals surface area contributed by atoms with Crippen LogP contribution in [0.25, 0.3) is 0 Å². The van der Waals surface area contributed by atoms with Gasteiger partial charge < -0.3 is 4.52 Å². The first-order chi connectivity index (χ1) is 7.92. The molecule has 17 heavy (non-hydrogen) atoms. The van der Waals surface area contributed by atoms with Gasteiger partial charge in [-0.3, -0.25) is 5.09 Å². The summed E-state index contributed by atoms with van der Waals surface area (Å²) in [5.74, 6) is 0.530. The van der Waals surface area contributed by atoms with Crippen LogP contribution < -0.4 is 10.4 Å². The van der Waals surface area contributed by atoms with Gasteiger partial charge in [-0.15, -0.1) is 0 Å². The zero-order chi connectivity index (χ0) is 12.5. The second-order valence-corrected chi connectivity index (χ2v) is 9.34. The Morgan fingerprint density at radius 3 is 2.41 bits per heavy atom. The second-order valence-electron chi connectivity index (χ2n) is 5.61. The van der Waals surface area contributed by atoms with Crippen LogP contribution in [0.4, 0.5) is 0 Å². The van der Waals surface area contributed by atoms with E-state index in [-0.39, 0.29) is 5.41 Å². The van der Waals surface area contributed by atoms with E-state index in [1.807, 2.05) is 18.2 Å². The molecule has 1 aromatic carbocycles. The van der Waals surface area contributed by atoms with Crippen LogP contribution in [-0.2, 0) is 16.3 Å². The standard InChI is InChI=1S/C13H20NOPS/c1-13(2,3)11-9-14-16(17,15-10-11)12-7-5-4-6-8-12/h4-8,11H,9-10H2,1-3H3,(H,14,17)/t11-,16+/m1/s1. The lowest BCUT2D eigenvalue weighted by molar-refractivity contribution is 0.140. The minimum absolute atomic E-state index is 0.268. The third kappa shape index (κ3) is 2.97. The molecule has 94 valence electrons. The molecule has 0 aliphatic carbocycles. The van der Waals surface area contributed by atoms with Crippen LogP contribution in [-0.4, -0.2) is 13.2 Å². The molecule has 2 nitrogen and oxygen atoms in total. The van der Waals surface area contributed by atoms with Gasteiger partial charge in [0.05, 0.1) is 6.61 Å². The highest BCUT2D eigenvalue weighted by Crippen LogP contribution is 2.46. The molecule has 0 amide bonds. The highest BCUT2D eigenvalue weighted by atomic mass is 32.4. The summed E-state index contributed by atoms with van der Waals surface area (Å²) in [4.78, 5) is 0. The Morgan fingerprint density at radius 2 is 1.94 bits per heavy atom. The van der Waals surface area contributed by atoms with Crippen molar-refractivity contribution in [3.63, 3.8) is 0 Å². The van der Waals surface area contributed by atoms with Gasteiger partial charge in [0.15, 0.2) is 6.42 Å². The Bertz CT molecular complexity index is 415. The predicted octanol–water partition coefficient (Wildman–Crippen LogP) is 2.90. The zero-order valence-electron chi connectivity index (χ0n) is 10.6. The lowest BCUT2D eigenvalue weighted by Gasteiger charge is -2.39. The third-order valence-electron chi connectivity index (χ3n) is 3.32. The van der Waals surface area contributed by atoms with Gasteiger partial charge in [0.1, 0.15) is 0 Å². The molecule has 0 unspecified atom stereocenters. The van der Waals surface area contributed by atoms with Crippen molar-refractivity contribution in [3.05, 3.63) is 30.3 Å². The van der Waals surface area contributed by atoms with Crippen LogP contribution in [0.15, 0.2) is 30.3 Å². The van der Waals surface area contributed by atoms with Crippen molar-refractivity contribution >= 4 is 23.5 Å². The molecule has 2 atom stereocenters. The van der Waals surface area contributed by atoms with E-state index in [9.17, 15) is 0 Å². The van der Waals surface area contributed by atoms with Crippen LogP contribution in [0.1, 0.15) is 20.8 Å². The van der Waals surface area contributed by atoms with Crippen LogP contribution in [0.5, 0.6) is 0 Å². The molecule has 0 spiro atoms. The monoisotopic (exact) mass is 269 g/mol. The molecule has 1 saturated heterocycles. The fourth-order valence-corrected chi connectivity index (χ4v) is 4.49. The van der Waals surface area contributed by atoms with Gasteiger partial charge in [-0.05, 0) is 17.2 Å². The van der Waals surface area contributed by atoms with E-state index in [2.05, 4.69) is 38.0 Å². The van der Waals surface area contributed by atoms with Crippen molar-refractivity contribution in [2.75, 3.05) is 13.2 Å². The van der Waals surface area contributed by atoms with Gasteiger partial charge in [-0.2, -0.15) is 0 Å². The third-order valence-corrected chi connectivity index (χ3v) is 6.75. The summed E-state index contributed by atoms with van der Waals surface area (Å²) in [6, 6.07) is 10.2. The summed E-state index contributed by atoms with van der Waals surface area (Å²) >= 11 is 5.67. The van der Waals surface area contributed by atoms with Crippen molar-refractivity contribution in [2.24, 2.45) is 11.3 Å². The van der Waals surface area contributed by atoms with Crippen LogP contribution in [0.3, 0.4) is 0 Å². The molecule has 0 bridgehead atoms. The molecule has 1 aliphatic rings. The first kappa shape index (κ1) is 13.2. The largest absolute Gasteiger partial charge is 0.334 e. The van der Waals surface area contributed by atoms with Gasteiger partial charge in [0.2, 0.25) is 0 Å². The number of hydrogen-bond donors (Lipinski definition) is 1. The maximum atomic E-state index is 6.01. The molecular formula is C13H20NOPS. The van der Waals surface area contributed by atoms with Crippen molar-refractivity contribution in [3.8, 4) is 0 Å². The lowest BCUT2D eigenvalue weighted by atomic mass is 9.81. The maximum absolute atomic E-state index is 6.01. The lowest BCUT2D eigenvalue weighted by Crippen LogP contribution is -2.40. The molecular weight excluding hydrogens is 249 g/mol. The zero-order valence-corrected chi connectivity index (χ0v) is 12.4. The fourth-order valence-electron chi connectivity index (χ4n) is 1.88. The van der Waals surface area contributed by atoms with Gasteiger partial charge in [0, 0.05) is 17.8 Å². The molecule has 4 heteroatoms. The Kier molecular flexibility index (Phi) is 3.74.